The van der Waals surface area contributed by atoms with E-state index in [0.717, 1.165) is 44.0 Å². The fourth-order valence-corrected chi connectivity index (χ4v) is 3.49. The van der Waals surface area contributed by atoms with Crippen LogP contribution in [0.1, 0.15) is 16.7 Å². The normalized spacial score (nSPS) is 20.2. The summed E-state index contributed by atoms with van der Waals surface area (Å²) in [6.45, 7) is 10.1. The number of anilines is 1. The average molecular weight is 339 g/mol. The van der Waals surface area contributed by atoms with Gasteiger partial charge in [0.2, 0.25) is 0 Å². The number of nitrogens with one attached hydrogen (secondary N) is 3. The molecule has 1 amide bonds. The van der Waals surface area contributed by atoms with Gasteiger partial charge in [-0.05, 0) is 31.0 Å². The maximum Gasteiger partial charge on any atom is 0.279 e. The first-order valence-electron chi connectivity index (χ1n) is 9.18. The molecule has 0 aliphatic carbocycles. The second-order valence-electron chi connectivity index (χ2n) is 7.21. The van der Waals surface area contributed by atoms with Crippen LogP contribution in [0.4, 0.5) is 5.69 Å². The molecule has 2 aromatic carbocycles. The second kappa shape index (κ2) is 8.28. The van der Waals surface area contributed by atoms with Gasteiger partial charge in [0.1, 0.15) is 32.7 Å². The first kappa shape index (κ1) is 17.6. The van der Waals surface area contributed by atoms with Crippen LogP contribution >= 0.6 is 0 Å². The van der Waals surface area contributed by atoms with Crippen LogP contribution < -0.4 is 15.1 Å². The predicted molar refractivity (Wildman–Crippen MR) is 101 cm³/mol. The van der Waals surface area contributed by atoms with Crippen molar-refractivity contribution in [3.05, 3.63) is 65.2 Å². The first-order chi connectivity index (χ1) is 12.1. The van der Waals surface area contributed by atoms with E-state index in [9.17, 15) is 4.79 Å². The number of carbonyl (C=O) groups is 1. The van der Waals surface area contributed by atoms with Crippen molar-refractivity contribution in [2.45, 2.75) is 20.4 Å². The standard InChI is InChI=1S/C21H27N3O/c1-17-8-9-18(2)20(14-17)22-21(25)16-24-12-10-23(11-13-24)15-19-6-4-3-5-7-19/h3-9,14H,10-13,15-16H2,1-2H3,(H,22,25)/p+2. The van der Waals surface area contributed by atoms with Gasteiger partial charge in [0, 0.05) is 11.3 Å². The maximum atomic E-state index is 12.4. The maximum absolute atomic E-state index is 12.4. The third kappa shape index (κ3) is 5.15. The zero-order chi connectivity index (χ0) is 17.6. The van der Waals surface area contributed by atoms with Crippen LogP contribution in [0.15, 0.2) is 48.5 Å². The number of aryl methyl sites for hydroxylation is 2. The molecular formula is C21H29N3O+2. The van der Waals surface area contributed by atoms with E-state index in [1.165, 1.54) is 16.0 Å². The summed E-state index contributed by atoms with van der Waals surface area (Å²) in [4.78, 5) is 15.4. The molecule has 1 saturated heterocycles. The highest BCUT2D eigenvalue weighted by atomic mass is 16.2. The van der Waals surface area contributed by atoms with Crippen molar-refractivity contribution in [2.75, 3.05) is 38.0 Å². The Morgan fingerprint density at radius 1 is 0.960 bits per heavy atom. The van der Waals surface area contributed by atoms with Crippen LogP contribution in [0.5, 0.6) is 0 Å². The lowest BCUT2D eigenvalue weighted by molar-refractivity contribution is -1.02. The summed E-state index contributed by atoms with van der Waals surface area (Å²) in [5.41, 5.74) is 4.63. The summed E-state index contributed by atoms with van der Waals surface area (Å²) in [6, 6.07) is 16.9. The molecule has 0 aromatic heterocycles. The van der Waals surface area contributed by atoms with Crippen molar-refractivity contribution in [3.63, 3.8) is 0 Å². The SMILES string of the molecule is Cc1ccc(C)c(NC(=O)C[NH+]2CC[NH+](Cc3ccccc3)CC2)c1. The van der Waals surface area contributed by atoms with Crippen molar-refractivity contribution >= 4 is 11.6 Å². The fourth-order valence-electron chi connectivity index (χ4n) is 3.49. The number of rotatable bonds is 5. The van der Waals surface area contributed by atoms with Crippen molar-refractivity contribution in [1.29, 1.82) is 0 Å². The number of benzene rings is 2. The quantitative estimate of drug-likeness (QED) is 0.717. The number of amides is 1. The number of hydrogen-bond donors (Lipinski definition) is 3. The largest absolute Gasteiger partial charge is 0.322 e. The molecule has 0 radical (unpaired) electrons. The van der Waals surface area contributed by atoms with Gasteiger partial charge in [-0.2, -0.15) is 0 Å². The Kier molecular flexibility index (Phi) is 5.84. The van der Waals surface area contributed by atoms with E-state index in [4.69, 9.17) is 0 Å². The molecule has 132 valence electrons. The molecule has 0 bridgehead atoms. The molecule has 1 fully saturated rings. The summed E-state index contributed by atoms with van der Waals surface area (Å²) in [5.74, 6) is 0.121. The second-order valence-corrected chi connectivity index (χ2v) is 7.21. The highest BCUT2D eigenvalue weighted by molar-refractivity contribution is 5.92. The van der Waals surface area contributed by atoms with Gasteiger partial charge in [-0.3, -0.25) is 4.79 Å². The van der Waals surface area contributed by atoms with Gasteiger partial charge in [0.15, 0.2) is 6.54 Å². The van der Waals surface area contributed by atoms with Gasteiger partial charge >= 0.3 is 0 Å². The summed E-state index contributed by atoms with van der Waals surface area (Å²) in [6.07, 6.45) is 0. The molecule has 0 unspecified atom stereocenters. The zero-order valence-electron chi connectivity index (χ0n) is 15.3. The van der Waals surface area contributed by atoms with Gasteiger partial charge < -0.3 is 15.1 Å². The molecule has 25 heavy (non-hydrogen) atoms. The third-order valence-electron chi connectivity index (χ3n) is 5.04. The van der Waals surface area contributed by atoms with E-state index in [0.29, 0.717) is 6.54 Å². The first-order valence-corrected chi connectivity index (χ1v) is 9.18. The summed E-state index contributed by atoms with van der Waals surface area (Å²) < 4.78 is 0. The van der Waals surface area contributed by atoms with Crippen molar-refractivity contribution in [1.82, 2.24) is 0 Å². The van der Waals surface area contributed by atoms with Crippen molar-refractivity contribution in [2.24, 2.45) is 0 Å². The number of quaternary nitrogens is 2. The van der Waals surface area contributed by atoms with E-state index in [1.54, 1.807) is 4.90 Å². The number of carbonyl (C=O) groups excluding carboxylic acids is 1. The average Bonchev–Trinajstić information content (AvgIpc) is 2.61. The molecular weight excluding hydrogens is 310 g/mol. The lowest BCUT2D eigenvalue weighted by Crippen LogP contribution is -3.28. The Balaban J connectivity index is 1.45. The van der Waals surface area contributed by atoms with E-state index in [1.807, 2.05) is 13.0 Å². The van der Waals surface area contributed by atoms with Crippen LogP contribution in [0.2, 0.25) is 0 Å². The van der Waals surface area contributed by atoms with Crippen LogP contribution in [0.3, 0.4) is 0 Å². The van der Waals surface area contributed by atoms with Crippen LogP contribution in [-0.4, -0.2) is 38.6 Å². The molecule has 0 saturated carbocycles. The highest BCUT2D eigenvalue weighted by Crippen LogP contribution is 2.15. The van der Waals surface area contributed by atoms with Gasteiger partial charge in [0.25, 0.3) is 5.91 Å². The Morgan fingerprint density at radius 3 is 2.36 bits per heavy atom. The monoisotopic (exact) mass is 339 g/mol. The molecule has 2 aromatic rings. The molecule has 4 heteroatoms. The fraction of sp³-hybridized carbons (Fsp3) is 0.381. The van der Waals surface area contributed by atoms with Gasteiger partial charge in [0.05, 0.1) is 0 Å². The lowest BCUT2D eigenvalue weighted by atomic mass is 10.1. The van der Waals surface area contributed by atoms with Crippen LogP contribution in [0, 0.1) is 13.8 Å². The smallest absolute Gasteiger partial charge is 0.279 e. The molecule has 1 aliphatic rings. The highest BCUT2D eigenvalue weighted by Gasteiger charge is 2.24. The third-order valence-corrected chi connectivity index (χ3v) is 5.04. The summed E-state index contributed by atoms with van der Waals surface area (Å²) in [7, 11) is 0. The minimum Gasteiger partial charge on any atom is -0.322 e. The van der Waals surface area contributed by atoms with Gasteiger partial charge in [-0.25, -0.2) is 0 Å². The zero-order valence-corrected chi connectivity index (χ0v) is 15.3. The van der Waals surface area contributed by atoms with Crippen LogP contribution in [0.25, 0.3) is 0 Å². The van der Waals surface area contributed by atoms with Crippen molar-refractivity contribution < 1.29 is 14.6 Å². The van der Waals surface area contributed by atoms with E-state index >= 15 is 0 Å². The predicted octanol–water partition coefficient (Wildman–Crippen LogP) is 0.226. The van der Waals surface area contributed by atoms with Gasteiger partial charge in [-0.15, -0.1) is 0 Å². The Hall–Kier alpha value is -2.17. The van der Waals surface area contributed by atoms with Gasteiger partial charge in [-0.1, -0.05) is 42.5 Å². The number of hydrogen-bond acceptors (Lipinski definition) is 1. The van der Waals surface area contributed by atoms with Crippen molar-refractivity contribution in [3.8, 4) is 0 Å². The summed E-state index contributed by atoms with van der Waals surface area (Å²) in [5, 5.41) is 3.08. The molecule has 4 nitrogen and oxygen atoms in total. The van der Waals surface area contributed by atoms with E-state index in [-0.39, 0.29) is 5.91 Å². The Labute approximate surface area is 150 Å². The topological polar surface area (TPSA) is 38.0 Å². The molecule has 1 aliphatic heterocycles. The molecule has 3 N–H and O–H groups in total. The molecule has 0 spiro atoms. The molecule has 0 atom stereocenters. The Bertz CT molecular complexity index is 706. The molecule has 1 heterocycles. The number of piperazine rings is 1. The minimum absolute atomic E-state index is 0.121. The van der Waals surface area contributed by atoms with E-state index in [2.05, 4.69) is 54.7 Å². The minimum atomic E-state index is 0.121. The molecule has 3 rings (SSSR count). The lowest BCUT2D eigenvalue weighted by Gasteiger charge is -2.29. The Morgan fingerprint density at radius 2 is 1.64 bits per heavy atom. The van der Waals surface area contributed by atoms with E-state index < -0.39 is 0 Å². The summed E-state index contributed by atoms with van der Waals surface area (Å²) >= 11 is 0. The van der Waals surface area contributed by atoms with Crippen LogP contribution in [-0.2, 0) is 11.3 Å².